The number of hydrogen-bond acceptors (Lipinski definition) is 3. The van der Waals surface area contributed by atoms with Gasteiger partial charge in [-0.05, 0) is 25.6 Å². The van der Waals surface area contributed by atoms with Crippen molar-refractivity contribution < 1.29 is 27.0 Å². The number of carbonyl (C=O) groups is 1. The van der Waals surface area contributed by atoms with E-state index in [0.717, 1.165) is 0 Å². The van der Waals surface area contributed by atoms with Crippen LogP contribution in [0, 0.1) is 0 Å². The third-order valence-electron chi connectivity index (χ3n) is 0.171. The van der Waals surface area contributed by atoms with Crippen LogP contribution in [0.2, 0.25) is 0 Å². The van der Waals surface area contributed by atoms with Crippen LogP contribution in [0.5, 0.6) is 0 Å². The summed E-state index contributed by atoms with van der Waals surface area (Å²) in [7, 11) is 0. The first kappa shape index (κ1) is 10.5. The van der Waals surface area contributed by atoms with E-state index in [1.807, 2.05) is 0 Å². The first-order chi connectivity index (χ1) is 2.64. The van der Waals surface area contributed by atoms with Crippen LogP contribution in [0.3, 0.4) is 0 Å². The molecule has 0 saturated carbocycles. The maximum Gasteiger partial charge on any atom is 0.427 e. The summed E-state index contributed by atoms with van der Waals surface area (Å²) in [5, 5.41) is 7.76. The van der Waals surface area contributed by atoms with E-state index in [1.54, 1.807) is 0 Å². The largest absolute Gasteiger partial charge is 0.464 e. The van der Waals surface area contributed by atoms with Gasteiger partial charge in [-0.1, -0.05) is 0 Å². The minimum atomic E-state index is -1.18. The zero-order valence-corrected chi connectivity index (χ0v) is 6.04. The molecule has 7 heavy (non-hydrogen) atoms. The Hall–Kier alpha value is 0.489. The fourth-order valence-corrected chi connectivity index (χ4v) is 0. The summed E-state index contributed by atoms with van der Waals surface area (Å²) in [6.07, 6.45) is -1.18. The van der Waals surface area contributed by atoms with Crippen LogP contribution >= 0.6 is 25.6 Å². The second-order valence-corrected chi connectivity index (χ2v) is 1.69. The molecule has 0 unspecified atom stereocenters. The fourth-order valence-electron chi connectivity index (χ4n) is 0. The average Bonchev–Trinajstić information content (AvgIpc) is 1.36. The van der Waals surface area contributed by atoms with Crippen molar-refractivity contribution in [2.75, 3.05) is 0 Å². The van der Waals surface area contributed by atoms with Crippen molar-refractivity contribution in [3.8, 4) is 0 Å². The number of nitrogens with zero attached hydrogens (tertiary/aromatic N) is 1. The molecule has 1 amide bonds. The molecular weight excluding hydrogens is 177 g/mol. The van der Waals surface area contributed by atoms with Crippen molar-refractivity contribution in [1.29, 1.82) is 0 Å². The van der Waals surface area contributed by atoms with Gasteiger partial charge in [0.25, 0.3) is 0 Å². The summed E-state index contributed by atoms with van der Waals surface area (Å²) >= 11 is 6.58. The van der Waals surface area contributed by atoms with Crippen LogP contribution in [-0.2, 0) is 17.1 Å². The predicted molar refractivity (Wildman–Crippen MR) is 27.8 cm³/mol. The number of hydrogen-bond donors (Lipinski definition) is 3. The van der Waals surface area contributed by atoms with Gasteiger partial charge in [0, 0.05) is 17.1 Å². The minimum Gasteiger partial charge on any atom is -0.464 e. The van der Waals surface area contributed by atoms with Crippen molar-refractivity contribution >= 4 is 31.7 Å². The van der Waals surface area contributed by atoms with Crippen molar-refractivity contribution in [1.82, 2.24) is 3.71 Å². The van der Waals surface area contributed by atoms with E-state index in [-0.39, 0.29) is 17.1 Å². The normalized spacial score (nSPS) is 6.57. The minimum absolute atomic E-state index is 0. The molecule has 0 aromatic heterocycles. The first-order valence-electron chi connectivity index (χ1n) is 1.05. The molecule has 1 radical (unpaired) electrons. The van der Waals surface area contributed by atoms with Crippen molar-refractivity contribution in [2.24, 2.45) is 0 Å². The van der Waals surface area contributed by atoms with E-state index in [9.17, 15) is 4.79 Å². The molecule has 0 aromatic rings. The Kier molecular flexibility index (Phi) is 6.94. The molecule has 0 atom stereocenters. The third kappa shape index (κ3) is 6.49. The molecule has 0 fully saturated rings. The van der Waals surface area contributed by atoms with Crippen molar-refractivity contribution in [3.05, 3.63) is 0 Å². The molecule has 1 N–H and O–H groups in total. The Morgan fingerprint density at radius 3 is 1.71 bits per heavy atom. The van der Waals surface area contributed by atoms with Crippen molar-refractivity contribution in [2.45, 2.75) is 0 Å². The monoisotopic (exact) mass is 180 g/mol. The molecule has 0 aliphatic heterocycles. The van der Waals surface area contributed by atoms with Gasteiger partial charge in [-0.25, -0.2) is 4.79 Å². The van der Waals surface area contributed by atoms with Gasteiger partial charge in [0.15, 0.2) is 0 Å². The summed E-state index contributed by atoms with van der Waals surface area (Å²) in [6.45, 7) is 0. The first-order valence-corrected chi connectivity index (χ1v) is 1.85. The second kappa shape index (κ2) is 4.64. The van der Waals surface area contributed by atoms with Crippen LogP contribution in [0.4, 0.5) is 4.79 Å². The molecule has 43 valence electrons. The Labute approximate surface area is 62.6 Å². The number of rotatable bonds is 0. The fraction of sp³-hybridized carbons (Fsp3) is 0. The van der Waals surface area contributed by atoms with Gasteiger partial charge < -0.3 is 5.11 Å². The van der Waals surface area contributed by atoms with Crippen LogP contribution in [0.1, 0.15) is 0 Å². The molecular formula is CH3MnNO2S2. The Balaban J connectivity index is 0. The maximum absolute atomic E-state index is 9.47. The predicted octanol–water partition coefficient (Wildman–Crippen LogP) is 0.653. The van der Waals surface area contributed by atoms with E-state index >= 15 is 0 Å². The quantitative estimate of drug-likeness (QED) is 0.378. The number of thiol groups is 2. The van der Waals surface area contributed by atoms with Gasteiger partial charge in [0.05, 0.1) is 0 Å². The summed E-state index contributed by atoms with van der Waals surface area (Å²) < 4.78 is 0.472. The van der Waals surface area contributed by atoms with E-state index in [0.29, 0.717) is 3.71 Å². The maximum atomic E-state index is 9.47. The molecule has 0 heterocycles. The summed E-state index contributed by atoms with van der Waals surface area (Å²) in [6, 6.07) is 0. The number of carboxylic acid groups (broad SMARTS) is 1. The van der Waals surface area contributed by atoms with Gasteiger partial charge in [0.1, 0.15) is 0 Å². The zero-order valence-electron chi connectivity index (χ0n) is 3.08. The average molecular weight is 180 g/mol. The summed E-state index contributed by atoms with van der Waals surface area (Å²) in [5.41, 5.74) is 0. The molecule has 0 aliphatic rings. The standard InChI is InChI=1S/CH3NO2S2.Mn/c3-1(4)2(5)6;/h5-6H,(H,3,4);. The van der Waals surface area contributed by atoms with E-state index in [4.69, 9.17) is 5.11 Å². The topological polar surface area (TPSA) is 40.5 Å². The van der Waals surface area contributed by atoms with Gasteiger partial charge in [0.2, 0.25) is 0 Å². The molecule has 0 saturated heterocycles. The van der Waals surface area contributed by atoms with Gasteiger partial charge in [-0.3, -0.25) is 0 Å². The summed E-state index contributed by atoms with van der Waals surface area (Å²) in [5.74, 6) is 0. The van der Waals surface area contributed by atoms with Crippen LogP contribution in [-0.4, -0.2) is 14.9 Å². The van der Waals surface area contributed by atoms with E-state index in [2.05, 4.69) is 25.6 Å². The molecule has 0 aromatic carbocycles. The van der Waals surface area contributed by atoms with E-state index < -0.39 is 6.09 Å². The van der Waals surface area contributed by atoms with Gasteiger partial charge in [-0.2, -0.15) is 3.71 Å². The van der Waals surface area contributed by atoms with Crippen LogP contribution in [0.25, 0.3) is 0 Å². The molecule has 3 nitrogen and oxygen atoms in total. The Morgan fingerprint density at radius 2 is 1.71 bits per heavy atom. The third-order valence-corrected chi connectivity index (χ3v) is 0.513. The van der Waals surface area contributed by atoms with Crippen LogP contribution < -0.4 is 0 Å². The smallest absolute Gasteiger partial charge is 0.427 e. The Bertz CT molecular complexity index is 66.7. The molecule has 0 bridgehead atoms. The SMILES string of the molecule is O=C(O)N(S)S.[Mn]. The molecule has 0 rings (SSSR count). The van der Waals surface area contributed by atoms with Crippen molar-refractivity contribution in [3.63, 3.8) is 0 Å². The molecule has 0 spiro atoms. The molecule has 0 aliphatic carbocycles. The summed E-state index contributed by atoms with van der Waals surface area (Å²) in [4.78, 5) is 9.47. The molecule has 6 heteroatoms. The number of amides is 1. The van der Waals surface area contributed by atoms with Gasteiger partial charge in [-0.15, -0.1) is 0 Å². The van der Waals surface area contributed by atoms with E-state index in [1.165, 1.54) is 0 Å². The van der Waals surface area contributed by atoms with Crippen LogP contribution in [0.15, 0.2) is 0 Å². The Morgan fingerprint density at radius 1 is 1.57 bits per heavy atom. The second-order valence-electron chi connectivity index (χ2n) is 0.572. The zero-order chi connectivity index (χ0) is 5.15. The van der Waals surface area contributed by atoms with Gasteiger partial charge >= 0.3 is 6.09 Å².